The van der Waals surface area contributed by atoms with E-state index >= 15 is 0 Å². The summed E-state index contributed by atoms with van der Waals surface area (Å²) < 4.78 is 0. The molecule has 1 unspecified atom stereocenters. The van der Waals surface area contributed by atoms with Gasteiger partial charge < -0.3 is 25.0 Å². The maximum Gasteiger partial charge on any atom is 0.152 e. The van der Waals surface area contributed by atoms with Gasteiger partial charge in [0.25, 0.3) is 0 Å². The predicted octanol–water partition coefficient (Wildman–Crippen LogP) is 3.00. The van der Waals surface area contributed by atoms with E-state index in [1.807, 2.05) is 18.3 Å². The lowest BCUT2D eigenvalue weighted by molar-refractivity contribution is -0.118. The third kappa shape index (κ3) is 5.11. The van der Waals surface area contributed by atoms with Gasteiger partial charge >= 0.3 is 0 Å². The molecule has 0 saturated carbocycles. The molecule has 5 rings (SSSR count). The van der Waals surface area contributed by atoms with Gasteiger partial charge in [-0.1, -0.05) is 6.07 Å². The third-order valence-electron chi connectivity index (χ3n) is 6.87. The van der Waals surface area contributed by atoms with Crippen LogP contribution in [0.5, 0.6) is 0 Å². The molecule has 8 heteroatoms. The Labute approximate surface area is 195 Å². The van der Waals surface area contributed by atoms with Crippen LogP contribution in [0.4, 0.5) is 17.2 Å². The molecule has 2 fully saturated rings. The van der Waals surface area contributed by atoms with E-state index in [1.165, 1.54) is 5.69 Å². The molecular weight excluding hydrogens is 414 g/mol. The molecule has 2 aliphatic heterocycles. The van der Waals surface area contributed by atoms with Crippen LogP contribution in [0.2, 0.25) is 0 Å². The second-order valence-electron chi connectivity index (χ2n) is 9.33. The Balaban J connectivity index is 1.15. The van der Waals surface area contributed by atoms with Gasteiger partial charge in [-0.15, -0.1) is 0 Å². The minimum atomic E-state index is 0.265. The van der Waals surface area contributed by atoms with E-state index in [1.54, 1.807) is 6.33 Å². The minimum Gasteiger partial charge on any atom is -0.378 e. The number of benzene rings is 1. The van der Waals surface area contributed by atoms with Crippen LogP contribution < -0.4 is 15.1 Å². The monoisotopic (exact) mass is 447 g/mol. The van der Waals surface area contributed by atoms with Crippen molar-refractivity contribution in [2.24, 2.45) is 5.92 Å². The van der Waals surface area contributed by atoms with Crippen LogP contribution in [0.3, 0.4) is 0 Å². The normalized spacial score (nSPS) is 19.7. The number of carbonyl (C=O) groups excluding carboxylic acids is 1. The van der Waals surface area contributed by atoms with Gasteiger partial charge in [0.15, 0.2) is 5.78 Å². The number of piperazine rings is 1. The summed E-state index contributed by atoms with van der Waals surface area (Å²) in [4.78, 5) is 31.9. The average molecular weight is 448 g/mol. The fourth-order valence-corrected chi connectivity index (χ4v) is 5.01. The summed E-state index contributed by atoms with van der Waals surface area (Å²) in [5.41, 5.74) is 3.10. The van der Waals surface area contributed by atoms with E-state index in [4.69, 9.17) is 0 Å². The molecule has 2 aromatic heterocycles. The van der Waals surface area contributed by atoms with Crippen molar-refractivity contribution in [2.75, 3.05) is 68.0 Å². The molecule has 8 nitrogen and oxygen atoms in total. The molecule has 2 saturated heterocycles. The average Bonchev–Trinajstić information content (AvgIpc) is 3.33. The van der Waals surface area contributed by atoms with Gasteiger partial charge in [0, 0.05) is 63.3 Å². The summed E-state index contributed by atoms with van der Waals surface area (Å²) in [6, 6.07) is 10.5. The first-order valence-corrected chi connectivity index (χ1v) is 12.0. The number of rotatable bonds is 7. The molecule has 0 aliphatic carbocycles. The molecule has 3 aromatic rings. The van der Waals surface area contributed by atoms with Crippen LogP contribution in [0.25, 0.3) is 11.0 Å². The summed E-state index contributed by atoms with van der Waals surface area (Å²) in [7, 11) is 2.17. The van der Waals surface area contributed by atoms with E-state index in [0.29, 0.717) is 18.9 Å². The van der Waals surface area contributed by atoms with Crippen molar-refractivity contribution in [3.63, 3.8) is 0 Å². The number of ketones is 1. The smallest absolute Gasteiger partial charge is 0.152 e. The summed E-state index contributed by atoms with van der Waals surface area (Å²) >= 11 is 0. The summed E-state index contributed by atoms with van der Waals surface area (Å²) in [5, 5.41) is 4.41. The van der Waals surface area contributed by atoms with Crippen molar-refractivity contribution >= 4 is 34.0 Å². The Bertz CT molecular complexity index is 1090. The molecule has 33 heavy (non-hydrogen) atoms. The van der Waals surface area contributed by atoms with Crippen LogP contribution in [0.1, 0.15) is 19.3 Å². The van der Waals surface area contributed by atoms with E-state index < -0.39 is 0 Å². The molecule has 0 spiro atoms. The number of fused-ring (bicyclic) bond motifs is 1. The van der Waals surface area contributed by atoms with Crippen molar-refractivity contribution < 1.29 is 4.79 Å². The van der Waals surface area contributed by atoms with Gasteiger partial charge in [-0.2, -0.15) is 0 Å². The highest BCUT2D eigenvalue weighted by molar-refractivity contribution is 5.87. The first kappa shape index (κ1) is 21.7. The first-order valence-electron chi connectivity index (χ1n) is 12.0. The number of Topliss-reactive ketones (excluding diaryl/α,β-unsaturated/α-hetero) is 1. The highest BCUT2D eigenvalue weighted by atomic mass is 16.1. The molecule has 1 atom stereocenters. The number of aromatic nitrogens is 3. The second-order valence-corrected chi connectivity index (χ2v) is 9.33. The van der Waals surface area contributed by atoms with E-state index in [2.05, 4.69) is 60.2 Å². The standard InChI is InChI=1S/C25H33N7O/c1-30-10-12-31(13-11-30)21-6-2-5-20(15-21)27-16-22(33)14-19-4-3-9-32(17-19)25-23-7-8-26-24(23)28-18-29-25/h2,5-8,15,18-19,27H,3-4,9-14,16-17H2,1H3,(H,26,28,29). The number of anilines is 3. The zero-order valence-corrected chi connectivity index (χ0v) is 19.3. The lowest BCUT2D eigenvalue weighted by Crippen LogP contribution is -2.44. The van der Waals surface area contributed by atoms with Crippen LogP contribution >= 0.6 is 0 Å². The molecule has 0 amide bonds. The Hall–Kier alpha value is -3.13. The molecule has 0 bridgehead atoms. The lowest BCUT2D eigenvalue weighted by atomic mass is 9.92. The summed E-state index contributed by atoms with van der Waals surface area (Å²) in [5.74, 6) is 1.59. The predicted molar refractivity (Wildman–Crippen MR) is 133 cm³/mol. The Morgan fingerprint density at radius 1 is 1.12 bits per heavy atom. The third-order valence-corrected chi connectivity index (χ3v) is 6.87. The Kier molecular flexibility index (Phi) is 6.44. The Morgan fingerprint density at radius 3 is 2.88 bits per heavy atom. The van der Waals surface area contributed by atoms with Crippen molar-refractivity contribution in [2.45, 2.75) is 19.3 Å². The molecule has 174 valence electrons. The van der Waals surface area contributed by atoms with Gasteiger partial charge in [0.05, 0.1) is 11.9 Å². The molecule has 2 N–H and O–H groups in total. The highest BCUT2D eigenvalue weighted by Crippen LogP contribution is 2.28. The van der Waals surface area contributed by atoms with Crippen LogP contribution in [-0.2, 0) is 4.79 Å². The van der Waals surface area contributed by atoms with Crippen molar-refractivity contribution in [3.05, 3.63) is 42.9 Å². The number of hydrogen-bond donors (Lipinski definition) is 2. The van der Waals surface area contributed by atoms with Gasteiger partial charge in [-0.25, -0.2) is 9.97 Å². The maximum atomic E-state index is 12.8. The highest BCUT2D eigenvalue weighted by Gasteiger charge is 2.24. The van der Waals surface area contributed by atoms with Crippen molar-refractivity contribution in [1.29, 1.82) is 0 Å². The number of likely N-dealkylation sites (N-methyl/N-ethyl adjacent to an activating group) is 1. The number of piperidine rings is 1. The number of hydrogen-bond acceptors (Lipinski definition) is 7. The van der Waals surface area contributed by atoms with E-state index in [-0.39, 0.29) is 5.78 Å². The quantitative estimate of drug-likeness (QED) is 0.576. The second kappa shape index (κ2) is 9.79. The molecule has 0 radical (unpaired) electrons. The number of aromatic amines is 1. The van der Waals surface area contributed by atoms with Crippen LogP contribution in [0, 0.1) is 5.92 Å². The van der Waals surface area contributed by atoms with Gasteiger partial charge in [-0.05, 0) is 50.1 Å². The number of nitrogens with one attached hydrogen (secondary N) is 2. The molecule has 1 aromatic carbocycles. The number of carbonyl (C=O) groups is 1. The van der Waals surface area contributed by atoms with Gasteiger partial charge in [0.2, 0.25) is 0 Å². The van der Waals surface area contributed by atoms with E-state index in [9.17, 15) is 4.79 Å². The zero-order valence-electron chi connectivity index (χ0n) is 19.3. The largest absolute Gasteiger partial charge is 0.378 e. The number of H-pyrrole nitrogens is 1. The van der Waals surface area contributed by atoms with Gasteiger partial charge in [-0.3, -0.25) is 4.79 Å². The Morgan fingerprint density at radius 2 is 2.00 bits per heavy atom. The van der Waals surface area contributed by atoms with Crippen LogP contribution in [0.15, 0.2) is 42.9 Å². The molecule has 2 aliphatic rings. The van der Waals surface area contributed by atoms with Crippen molar-refractivity contribution in [1.82, 2.24) is 19.9 Å². The number of nitrogens with zero attached hydrogens (tertiary/aromatic N) is 5. The summed E-state index contributed by atoms with van der Waals surface area (Å²) in [6.07, 6.45) is 6.28. The van der Waals surface area contributed by atoms with E-state index in [0.717, 1.165) is 74.6 Å². The minimum absolute atomic E-state index is 0.265. The fourth-order valence-electron chi connectivity index (χ4n) is 5.01. The summed E-state index contributed by atoms with van der Waals surface area (Å²) in [6.45, 7) is 6.45. The molecular formula is C25H33N7O. The topological polar surface area (TPSA) is 80.4 Å². The maximum absolute atomic E-state index is 12.8. The van der Waals surface area contributed by atoms with Crippen molar-refractivity contribution in [3.8, 4) is 0 Å². The lowest BCUT2D eigenvalue weighted by Gasteiger charge is -2.34. The van der Waals surface area contributed by atoms with Crippen LogP contribution in [-0.4, -0.2) is 78.5 Å². The zero-order chi connectivity index (χ0) is 22.6. The fraction of sp³-hybridized carbons (Fsp3) is 0.480. The first-order chi connectivity index (χ1) is 16.2. The van der Waals surface area contributed by atoms with Gasteiger partial charge in [0.1, 0.15) is 17.8 Å². The molecule has 4 heterocycles. The SMILES string of the molecule is CN1CCN(c2cccc(NCC(=O)CC3CCCN(c4ncnc5[nH]ccc45)C3)c2)CC1.